The SMILES string of the molecule is Cc1c2n(cc(Br)c1=O)C[C@@H]1N(C[C@H]3CCCN31)C2=O. The van der Waals surface area contributed by atoms with Crippen molar-refractivity contribution >= 4 is 21.8 Å². The number of carbonyl (C=O) groups is 1. The van der Waals surface area contributed by atoms with Crippen molar-refractivity contribution in [2.24, 2.45) is 0 Å². The van der Waals surface area contributed by atoms with Gasteiger partial charge in [0.1, 0.15) is 11.9 Å². The van der Waals surface area contributed by atoms with Crippen molar-refractivity contribution in [3.63, 3.8) is 0 Å². The second kappa shape index (κ2) is 4.18. The first-order valence-corrected chi connectivity index (χ1v) is 7.83. The van der Waals surface area contributed by atoms with Crippen LogP contribution in [0.4, 0.5) is 0 Å². The molecule has 2 saturated heterocycles. The monoisotopic (exact) mass is 337 g/mol. The molecule has 106 valence electrons. The lowest BCUT2D eigenvalue weighted by atomic mass is 10.1. The van der Waals surface area contributed by atoms with E-state index in [0.717, 1.165) is 19.6 Å². The Bertz CT molecular complexity index is 669. The molecule has 3 aliphatic rings. The molecule has 4 rings (SSSR count). The van der Waals surface area contributed by atoms with Crippen LogP contribution in [0.25, 0.3) is 0 Å². The summed E-state index contributed by atoms with van der Waals surface area (Å²) in [6.07, 6.45) is 4.33. The molecular formula is C14H16BrN3O2. The lowest BCUT2D eigenvalue weighted by Gasteiger charge is -2.36. The Morgan fingerprint density at radius 3 is 2.90 bits per heavy atom. The van der Waals surface area contributed by atoms with E-state index in [9.17, 15) is 9.59 Å². The lowest BCUT2D eigenvalue weighted by molar-refractivity contribution is 0.0519. The maximum absolute atomic E-state index is 12.7. The molecule has 6 heteroatoms. The second-order valence-electron chi connectivity index (χ2n) is 5.90. The van der Waals surface area contributed by atoms with Crippen molar-refractivity contribution in [1.29, 1.82) is 0 Å². The van der Waals surface area contributed by atoms with Crippen LogP contribution < -0.4 is 5.43 Å². The Kier molecular flexibility index (Phi) is 2.63. The summed E-state index contributed by atoms with van der Waals surface area (Å²) in [7, 11) is 0. The highest BCUT2D eigenvalue weighted by atomic mass is 79.9. The van der Waals surface area contributed by atoms with E-state index in [1.165, 1.54) is 12.8 Å². The second-order valence-corrected chi connectivity index (χ2v) is 6.76. The molecule has 0 spiro atoms. The molecule has 4 heterocycles. The predicted molar refractivity (Wildman–Crippen MR) is 77.7 cm³/mol. The number of carbonyl (C=O) groups excluding carboxylic acids is 1. The van der Waals surface area contributed by atoms with Gasteiger partial charge in [-0.05, 0) is 35.7 Å². The first-order chi connectivity index (χ1) is 9.58. The minimum atomic E-state index is -0.0808. The topological polar surface area (TPSA) is 45.6 Å². The van der Waals surface area contributed by atoms with Gasteiger partial charge in [0, 0.05) is 30.9 Å². The molecule has 0 N–H and O–H groups in total. The third-order valence-electron chi connectivity index (χ3n) is 4.87. The fourth-order valence-corrected chi connectivity index (χ4v) is 4.44. The van der Waals surface area contributed by atoms with E-state index in [1.54, 1.807) is 13.1 Å². The average molecular weight is 338 g/mol. The van der Waals surface area contributed by atoms with Gasteiger partial charge < -0.3 is 9.47 Å². The van der Waals surface area contributed by atoms with Gasteiger partial charge in [-0.1, -0.05) is 0 Å². The van der Waals surface area contributed by atoms with Gasteiger partial charge in [0.05, 0.1) is 11.0 Å². The first kappa shape index (κ1) is 12.6. The third kappa shape index (κ3) is 1.52. The van der Waals surface area contributed by atoms with E-state index < -0.39 is 0 Å². The third-order valence-corrected chi connectivity index (χ3v) is 5.43. The van der Waals surface area contributed by atoms with Gasteiger partial charge >= 0.3 is 0 Å². The summed E-state index contributed by atoms with van der Waals surface area (Å²) in [6.45, 7) is 4.40. The van der Waals surface area contributed by atoms with Gasteiger partial charge in [0.15, 0.2) is 5.43 Å². The standard InChI is InChI=1S/C14H16BrN3O2/c1-8-12-14(20)18-5-9-3-2-4-17(9)11(18)7-16(12)6-10(15)13(8)19/h6,9,11H,2-5,7H2,1H3/t9-,11+/m1/s1. The summed E-state index contributed by atoms with van der Waals surface area (Å²) >= 11 is 3.30. The van der Waals surface area contributed by atoms with Crippen LogP contribution in [0, 0.1) is 6.92 Å². The number of hydrogen-bond acceptors (Lipinski definition) is 3. The average Bonchev–Trinajstić information content (AvgIpc) is 2.98. The predicted octanol–water partition coefficient (Wildman–Crippen LogP) is 1.18. The van der Waals surface area contributed by atoms with Crippen LogP contribution in [0.5, 0.6) is 0 Å². The molecule has 0 bridgehead atoms. The van der Waals surface area contributed by atoms with E-state index in [2.05, 4.69) is 20.8 Å². The number of pyridine rings is 1. The highest BCUT2D eigenvalue weighted by Crippen LogP contribution is 2.34. The number of amides is 1. The van der Waals surface area contributed by atoms with Gasteiger partial charge in [-0.2, -0.15) is 0 Å². The van der Waals surface area contributed by atoms with Crippen LogP contribution in [0.2, 0.25) is 0 Å². The van der Waals surface area contributed by atoms with Crippen molar-refractivity contribution in [2.45, 2.75) is 38.5 Å². The summed E-state index contributed by atoms with van der Waals surface area (Å²) in [4.78, 5) is 29.2. The van der Waals surface area contributed by atoms with E-state index in [1.807, 2.05) is 9.47 Å². The van der Waals surface area contributed by atoms with E-state index in [0.29, 0.717) is 21.8 Å². The van der Waals surface area contributed by atoms with Crippen LogP contribution in [-0.4, -0.2) is 45.6 Å². The van der Waals surface area contributed by atoms with Gasteiger partial charge in [0.25, 0.3) is 5.91 Å². The Labute approximate surface area is 125 Å². The van der Waals surface area contributed by atoms with Crippen molar-refractivity contribution in [1.82, 2.24) is 14.4 Å². The van der Waals surface area contributed by atoms with Crippen LogP contribution >= 0.6 is 15.9 Å². The number of hydrogen-bond donors (Lipinski definition) is 0. The zero-order chi connectivity index (χ0) is 14.0. The number of halogens is 1. The number of nitrogens with zero attached hydrogens (tertiary/aromatic N) is 3. The molecule has 0 radical (unpaired) electrons. The molecule has 2 fully saturated rings. The van der Waals surface area contributed by atoms with Crippen molar-refractivity contribution in [3.05, 3.63) is 32.2 Å². The highest BCUT2D eigenvalue weighted by molar-refractivity contribution is 9.10. The molecule has 20 heavy (non-hydrogen) atoms. The summed E-state index contributed by atoms with van der Waals surface area (Å²) in [6, 6.07) is 0.509. The van der Waals surface area contributed by atoms with Gasteiger partial charge in [-0.15, -0.1) is 0 Å². The Balaban J connectivity index is 1.84. The van der Waals surface area contributed by atoms with Gasteiger partial charge in [0.2, 0.25) is 0 Å². The zero-order valence-electron chi connectivity index (χ0n) is 11.3. The molecule has 0 aromatic carbocycles. The fourth-order valence-electron chi connectivity index (χ4n) is 3.90. The summed E-state index contributed by atoms with van der Waals surface area (Å²) in [5, 5.41) is 0. The Morgan fingerprint density at radius 2 is 2.10 bits per heavy atom. The number of rotatable bonds is 0. The minimum absolute atomic E-state index is 0.0118. The van der Waals surface area contributed by atoms with Crippen LogP contribution in [-0.2, 0) is 6.54 Å². The quantitative estimate of drug-likeness (QED) is 0.714. The maximum Gasteiger partial charge on any atom is 0.272 e. The molecule has 3 aliphatic heterocycles. The van der Waals surface area contributed by atoms with Gasteiger partial charge in [-0.25, -0.2) is 0 Å². The van der Waals surface area contributed by atoms with Crippen LogP contribution in [0.3, 0.4) is 0 Å². The summed E-state index contributed by atoms with van der Waals surface area (Å²) in [5.74, 6) is 0.0118. The molecule has 1 amide bonds. The first-order valence-electron chi connectivity index (χ1n) is 7.04. The van der Waals surface area contributed by atoms with Gasteiger partial charge in [-0.3, -0.25) is 14.5 Å². The van der Waals surface area contributed by atoms with E-state index in [-0.39, 0.29) is 17.5 Å². The van der Waals surface area contributed by atoms with Crippen LogP contribution in [0.15, 0.2) is 15.5 Å². The summed E-state index contributed by atoms with van der Waals surface area (Å²) < 4.78 is 2.49. The Morgan fingerprint density at radius 1 is 1.30 bits per heavy atom. The lowest BCUT2D eigenvalue weighted by Crippen LogP contribution is -2.50. The van der Waals surface area contributed by atoms with Crippen molar-refractivity contribution in [2.75, 3.05) is 13.1 Å². The minimum Gasteiger partial charge on any atom is -0.338 e. The zero-order valence-corrected chi connectivity index (χ0v) is 12.9. The molecule has 0 unspecified atom stereocenters. The normalized spacial score (nSPS) is 28.5. The molecule has 0 saturated carbocycles. The largest absolute Gasteiger partial charge is 0.338 e. The molecular weight excluding hydrogens is 322 g/mol. The Hall–Kier alpha value is -1.14. The molecule has 5 nitrogen and oxygen atoms in total. The fraction of sp³-hybridized carbons (Fsp3) is 0.571. The van der Waals surface area contributed by atoms with E-state index >= 15 is 0 Å². The molecule has 2 atom stereocenters. The number of fused-ring (bicyclic) bond motifs is 4. The summed E-state index contributed by atoms with van der Waals surface area (Å²) in [5.41, 5.74) is 1.04. The number of aromatic nitrogens is 1. The van der Waals surface area contributed by atoms with Crippen LogP contribution in [0.1, 0.15) is 28.9 Å². The molecule has 1 aromatic rings. The van der Waals surface area contributed by atoms with E-state index in [4.69, 9.17) is 0 Å². The molecule has 0 aliphatic carbocycles. The smallest absolute Gasteiger partial charge is 0.272 e. The van der Waals surface area contributed by atoms with Crippen molar-refractivity contribution in [3.8, 4) is 0 Å². The molecule has 1 aromatic heterocycles. The van der Waals surface area contributed by atoms with Crippen molar-refractivity contribution < 1.29 is 4.79 Å². The highest BCUT2D eigenvalue weighted by Gasteiger charge is 2.47. The maximum atomic E-state index is 12.7.